The summed E-state index contributed by atoms with van der Waals surface area (Å²) in [5.41, 5.74) is 5.85. The molecule has 1 fully saturated rings. The van der Waals surface area contributed by atoms with Crippen molar-refractivity contribution in [2.24, 2.45) is 5.73 Å². The van der Waals surface area contributed by atoms with E-state index in [2.05, 4.69) is 25.4 Å². The van der Waals surface area contributed by atoms with Crippen molar-refractivity contribution in [1.29, 1.82) is 0 Å². The molecule has 0 heterocycles. The molecule has 3 heteroatoms. The maximum Gasteiger partial charge on any atom is 0.0225 e. The molecule has 0 aromatic heterocycles. The van der Waals surface area contributed by atoms with Gasteiger partial charge in [0.25, 0.3) is 0 Å². The Morgan fingerprint density at radius 1 is 1.46 bits per heavy atom. The molecule has 1 saturated carbocycles. The van der Waals surface area contributed by atoms with Crippen molar-refractivity contribution in [2.45, 2.75) is 49.9 Å². The normalized spacial score (nSPS) is 29.5. The third-order valence-electron chi connectivity index (χ3n) is 2.84. The Balaban J connectivity index is 2.19. The molecule has 3 N–H and O–H groups in total. The zero-order valence-electron chi connectivity index (χ0n) is 8.97. The second kappa shape index (κ2) is 4.67. The van der Waals surface area contributed by atoms with E-state index in [9.17, 15) is 0 Å². The van der Waals surface area contributed by atoms with E-state index >= 15 is 0 Å². The number of nitrogens with two attached hydrogens (primary N) is 1. The molecule has 0 saturated heterocycles. The average Bonchev–Trinajstić information content (AvgIpc) is 2.48. The number of thioether (sulfide) groups is 1. The Morgan fingerprint density at radius 3 is 2.62 bits per heavy atom. The summed E-state index contributed by atoms with van der Waals surface area (Å²) < 4.78 is 0.354. The summed E-state index contributed by atoms with van der Waals surface area (Å²) >= 11 is 1.92. The van der Waals surface area contributed by atoms with Crippen LogP contribution in [0.5, 0.6) is 0 Å². The zero-order chi connectivity index (χ0) is 9.90. The number of hydrogen-bond donors (Lipinski definition) is 2. The molecule has 78 valence electrons. The Hall–Kier alpha value is 0.270. The first-order chi connectivity index (χ1) is 6.03. The Kier molecular flexibility index (Phi) is 4.07. The lowest BCUT2D eigenvalue weighted by Gasteiger charge is -2.24. The summed E-state index contributed by atoms with van der Waals surface area (Å²) in [4.78, 5) is 0. The fourth-order valence-electron chi connectivity index (χ4n) is 1.66. The Labute approximate surface area is 86.0 Å². The van der Waals surface area contributed by atoms with E-state index in [0.717, 1.165) is 13.0 Å². The highest BCUT2D eigenvalue weighted by Crippen LogP contribution is 2.22. The van der Waals surface area contributed by atoms with Crippen LogP contribution < -0.4 is 11.1 Å². The quantitative estimate of drug-likeness (QED) is 0.727. The van der Waals surface area contributed by atoms with Crippen LogP contribution in [0.3, 0.4) is 0 Å². The van der Waals surface area contributed by atoms with Gasteiger partial charge in [-0.1, -0.05) is 0 Å². The molecule has 0 radical (unpaired) electrons. The molecule has 1 rings (SSSR count). The van der Waals surface area contributed by atoms with Crippen LogP contribution in [0, 0.1) is 0 Å². The minimum absolute atomic E-state index is 0.354. The highest BCUT2D eigenvalue weighted by Gasteiger charge is 2.23. The van der Waals surface area contributed by atoms with Crippen molar-refractivity contribution in [3.63, 3.8) is 0 Å². The molecule has 0 bridgehead atoms. The van der Waals surface area contributed by atoms with Gasteiger partial charge in [-0.05, 0) is 39.4 Å². The van der Waals surface area contributed by atoms with Gasteiger partial charge < -0.3 is 11.1 Å². The van der Waals surface area contributed by atoms with Gasteiger partial charge >= 0.3 is 0 Å². The monoisotopic (exact) mass is 202 g/mol. The predicted molar refractivity (Wildman–Crippen MR) is 61.2 cm³/mol. The lowest BCUT2D eigenvalue weighted by molar-refractivity contribution is 0.484. The maximum absolute atomic E-state index is 5.85. The summed E-state index contributed by atoms with van der Waals surface area (Å²) in [6.07, 6.45) is 5.77. The molecule has 0 aromatic carbocycles. The van der Waals surface area contributed by atoms with Crippen molar-refractivity contribution in [3.8, 4) is 0 Å². The first-order valence-electron chi connectivity index (χ1n) is 5.07. The van der Waals surface area contributed by atoms with Gasteiger partial charge in [0.15, 0.2) is 0 Å². The highest BCUT2D eigenvalue weighted by molar-refractivity contribution is 7.99. The SMILES string of the molecule is CSC(C)(C)CNC1CCC(N)C1. The molecule has 2 nitrogen and oxygen atoms in total. The maximum atomic E-state index is 5.85. The van der Waals surface area contributed by atoms with Gasteiger partial charge in [0, 0.05) is 23.4 Å². The van der Waals surface area contributed by atoms with Crippen LogP contribution in [0.2, 0.25) is 0 Å². The second-order valence-corrected chi connectivity index (χ2v) is 6.13. The third-order valence-corrected chi connectivity index (χ3v) is 4.09. The number of rotatable bonds is 4. The molecule has 2 atom stereocenters. The molecule has 0 amide bonds. The zero-order valence-corrected chi connectivity index (χ0v) is 9.79. The van der Waals surface area contributed by atoms with Gasteiger partial charge in [0.2, 0.25) is 0 Å². The van der Waals surface area contributed by atoms with Gasteiger partial charge in [0.1, 0.15) is 0 Å². The largest absolute Gasteiger partial charge is 0.328 e. The van der Waals surface area contributed by atoms with Crippen LogP contribution in [0.25, 0.3) is 0 Å². The smallest absolute Gasteiger partial charge is 0.0225 e. The van der Waals surface area contributed by atoms with Crippen molar-refractivity contribution >= 4 is 11.8 Å². The van der Waals surface area contributed by atoms with Crippen molar-refractivity contribution < 1.29 is 0 Å². The van der Waals surface area contributed by atoms with E-state index in [-0.39, 0.29) is 0 Å². The van der Waals surface area contributed by atoms with Crippen molar-refractivity contribution in [1.82, 2.24) is 5.32 Å². The fourth-order valence-corrected chi connectivity index (χ4v) is 1.89. The van der Waals surface area contributed by atoms with Crippen LogP contribution in [-0.2, 0) is 0 Å². The van der Waals surface area contributed by atoms with Crippen molar-refractivity contribution in [3.05, 3.63) is 0 Å². The lowest BCUT2D eigenvalue weighted by Crippen LogP contribution is -2.38. The first kappa shape index (κ1) is 11.3. The molecular weight excluding hydrogens is 180 g/mol. The van der Waals surface area contributed by atoms with Crippen LogP contribution in [0.15, 0.2) is 0 Å². The number of hydrogen-bond acceptors (Lipinski definition) is 3. The summed E-state index contributed by atoms with van der Waals surface area (Å²) in [5.74, 6) is 0. The van der Waals surface area contributed by atoms with E-state index in [1.54, 1.807) is 0 Å². The third kappa shape index (κ3) is 3.88. The van der Waals surface area contributed by atoms with Crippen LogP contribution in [-0.4, -0.2) is 29.6 Å². The van der Waals surface area contributed by atoms with E-state index in [1.165, 1.54) is 12.8 Å². The van der Waals surface area contributed by atoms with Gasteiger partial charge in [-0.3, -0.25) is 0 Å². The molecule has 1 aliphatic carbocycles. The molecule has 1 aliphatic rings. The topological polar surface area (TPSA) is 38.0 Å². The Bertz CT molecular complexity index is 159. The Morgan fingerprint density at radius 2 is 2.15 bits per heavy atom. The van der Waals surface area contributed by atoms with Crippen LogP contribution in [0.1, 0.15) is 33.1 Å². The van der Waals surface area contributed by atoms with Gasteiger partial charge in [-0.2, -0.15) is 11.8 Å². The lowest BCUT2D eigenvalue weighted by atomic mass is 10.1. The summed E-state index contributed by atoms with van der Waals surface area (Å²) in [6.45, 7) is 5.64. The van der Waals surface area contributed by atoms with E-state index < -0.39 is 0 Å². The standard InChI is InChI=1S/C10H22N2S/c1-10(2,13-3)7-12-9-5-4-8(11)6-9/h8-9,12H,4-7,11H2,1-3H3. The summed E-state index contributed by atoms with van der Waals surface area (Å²) in [6, 6.07) is 1.11. The molecule has 0 spiro atoms. The molecule has 0 aromatic rings. The fraction of sp³-hybridized carbons (Fsp3) is 1.00. The minimum Gasteiger partial charge on any atom is -0.328 e. The van der Waals surface area contributed by atoms with E-state index in [4.69, 9.17) is 5.73 Å². The molecule has 0 aliphatic heterocycles. The number of nitrogens with one attached hydrogen (secondary N) is 1. The summed E-state index contributed by atoms with van der Waals surface area (Å²) in [7, 11) is 0. The van der Waals surface area contributed by atoms with E-state index in [1.807, 2.05) is 11.8 Å². The molecule has 2 unspecified atom stereocenters. The first-order valence-corrected chi connectivity index (χ1v) is 6.30. The summed E-state index contributed by atoms with van der Waals surface area (Å²) in [5, 5.41) is 3.60. The molecular formula is C10H22N2S. The van der Waals surface area contributed by atoms with Crippen LogP contribution in [0.4, 0.5) is 0 Å². The molecule has 13 heavy (non-hydrogen) atoms. The van der Waals surface area contributed by atoms with Crippen LogP contribution >= 0.6 is 11.8 Å². The predicted octanol–water partition coefficient (Wildman–Crippen LogP) is 1.60. The van der Waals surface area contributed by atoms with Crippen molar-refractivity contribution in [2.75, 3.05) is 12.8 Å². The minimum atomic E-state index is 0.354. The average molecular weight is 202 g/mol. The van der Waals surface area contributed by atoms with E-state index in [0.29, 0.717) is 16.8 Å². The highest BCUT2D eigenvalue weighted by atomic mass is 32.2. The van der Waals surface area contributed by atoms with Gasteiger partial charge in [-0.15, -0.1) is 0 Å². The van der Waals surface area contributed by atoms with Gasteiger partial charge in [-0.25, -0.2) is 0 Å². The van der Waals surface area contributed by atoms with Gasteiger partial charge in [0.05, 0.1) is 0 Å². The second-order valence-electron chi connectivity index (χ2n) is 4.61.